The lowest BCUT2D eigenvalue weighted by molar-refractivity contribution is 0.462. The van der Waals surface area contributed by atoms with Crippen molar-refractivity contribution in [2.24, 2.45) is 5.84 Å². The third-order valence-electron chi connectivity index (χ3n) is 2.86. The van der Waals surface area contributed by atoms with Crippen molar-refractivity contribution in [3.05, 3.63) is 48.3 Å². The highest BCUT2D eigenvalue weighted by Crippen LogP contribution is 2.28. The number of rotatable bonds is 3. The van der Waals surface area contributed by atoms with Gasteiger partial charge in [0.1, 0.15) is 5.52 Å². The third-order valence-corrected chi connectivity index (χ3v) is 2.86. The van der Waals surface area contributed by atoms with Gasteiger partial charge in [0.15, 0.2) is 5.75 Å². The molecule has 6 nitrogen and oxygen atoms in total. The second kappa shape index (κ2) is 5.10. The number of nitrogens with one attached hydrogen (secondary N) is 1. The molecule has 0 atom stereocenters. The van der Waals surface area contributed by atoms with Crippen LogP contribution in [0.3, 0.4) is 0 Å². The van der Waals surface area contributed by atoms with Crippen molar-refractivity contribution in [1.29, 1.82) is 0 Å². The predicted octanol–water partition coefficient (Wildman–Crippen LogP) is 2.41. The van der Waals surface area contributed by atoms with Gasteiger partial charge in [-0.15, -0.1) is 0 Å². The molecule has 2 heterocycles. The Morgan fingerprint density at radius 1 is 1.15 bits per heavy atom. The fourth-order valence-electron chi connectivity index (χ4n) is 1.86. The van der Waals surface area contributed by atoms with Gasteiger partial charge in [-0.3, -0.25) is 10.4 Å². The quantitative estimate of drug-likeness (QED) is 0.560. The van der Waals surface area contributed by atoms with Crippen LogP contribution in [0.15, 0.2) is 42.7 Å². The smallest absolute Gasteiger partial charge is 0.240 e. The Kier molecular flexibility index (Phi) is 3.14. The average Bonchev–Trinajstić information content (AvgIpc) is 2.50. The Hall–Kier alpha value is -2.73. The molecule has 0 radical (unpaired) electrons. The Balaban J connectivity index is 2.05. The third kappa shape index (κ3) is 2.24. The number of fused-ring (bicyclic) bond motifs is 1. The lowest BCUT2D eigenvalue weighted by Gasteiger charge is -2.10. The van der Waals surface area contributed by atoms with Crippen LogP contribution in [0.5, 0.6) is 11.6 Å². The number of hydrogen-bond donors (Lipinski definition) is 2. The molecule has 0 aliphatic heterocycles. The van der Waals surface area contributed by atoms with Crippen LogP contribution in [0.25, 0.3) is 10.9 Å². The minimum Gasteiger partial charge on any atom is -0.436 e. The predicted molar refractivity (Wildman–Crippen MR) is 76.4 cm³/mol. The minimum atomic E-state index is 0.304. The minimum absolute atomic E-state index is 0.304. The van der Waals surface area contributed by atoms with Gasteiger partial charge in [-0.2, -0.15) is 4.98 Å². The topological polar surface area (TPSA) is 86.0 Å². The Bertz CT molecular complexity index is 754. The van der Waals surface area contributed by atoms with Crippen LogP contribution in [-0.2, 0) is 0 Å². The molecule has 0 saturated heterocycles. The van der Waals surface area contributed by atoms with Crippen LogP contribution in [0.4, 0.5) is 5.95 Å². The summed E-state index contributed by atoms with van der Waals surface area (Å²) in [5.41, 5.74) is 4.00. The molecule has 2 aromatic heterocycles. The molecule has 0 aliphatic rings. The highest BCUT2D eigenvalue weighted by molar-refractivity contribution is 5.84. The van der Waals surface area contributed by atoms with Gasteiger partial charge < -0.3 is 4.74 Å². The van der Waals surface area contributed by atoms with E-state index >= 15 is 0 Å². The van der Waals surface area contributed by atoms with E-state index in [0.29, 0.717) is 17.6 Å². The first-order valence-corrected chi connectivity index (χ1v) is 6.10. The van der Waals surface area contributed by atoms with E-state index in [1.54, 1.807) is 12.4 Å². The van der Waals surface area contributed by atoms with Crippen molar-refractivity contribution in [3.63, 3.8) is 0 Å². The largest absolute Gasteiger partial charge is 0.436 e. The van der Waals surface area contributed by atoms with Crippen LogP contribution in [0.2, 0.25) is 0 Å². The highest BCUT2D eigenvalue weighted by atomic mass is 16.5. The van der Waals surface area contributed by atoms with E-state index < -0.39 is 0 Å². The number of nitrogens with two attached hydrogens (primary N) is 1. The molecule has 0 amide bonds. The van der Waals surface area contributed by atoms with Crippen LogP contribution >= 0.6 is 0 Å². The van der Waals surface area contributed by atoms with Crippen LogP contribution in [0, 0.1) is 6.92 Å². The number of ether oxygens (including phenoxy) is 1. The second-order valence-electron chi connectivity index (χ2n) is 4.26. The highest BCUT2D eigenvalue weighted by Gasteiger charge is 2.09. The molecule has 3 aromatic rings. The first-order valence-electron chi connectivity index (χ1n) is 6.10. The van der Waals surface area contributed by atoms with Crippen LogP contribution in [0.1, 0.15) is 5.56 Å². The van der Waals surface area contributed by atoms with E-state index in [0.717, 1.165) is 16.5 Å². The molecule has 20 heavy (non-hydrogen) atoms. The first kappa shape index (κ1) is 12.3. The average molecular weight is 267 g/mol. The standard InChI is InChI=1S/C14H13N5O/c1-9-8-17-14(19-15)18-13(9)20-11-6-2-4-10-5-3-7-16-12(10)11/h2-8H,15H2,1H3,(H,17,18,19). The van der Waals surface area contributed by atoms with Crippen LogP contribution in [-0.4, -0.2) is 15.0 Å². The number of hydrogen-bond acceptors (Lipinski definition) is 6. The zero-order valence-corrected chi connectivity index (χ0v) is 10.9. The van der Waals surface area contributed by atoms with Crippen molar-refractivity contribution in [3.8, 4) is 11.6 Å². The first-order chi connectivity index (χ1) is 9.78. The molecule has 100 valence electrons. The number of pyridine rings is 1. The van der Waals surface area contributed by atoms with Crippen molar-refractivity contribution in [2.75, 3.05) is 5.43 Å². The van der Waals surface area contributed by atoms with E-state index in [1.165, 1.54) is 0 Å². The van der Waals surface area contributed by atoms with Crippen molar-refractivity contribution in [2.45, 2.75) is 6.92 Å². The molecule has 0 fully saturated rings. The summed E-state index contributed by atoms with van der Waals surface area (Å²) >= 11 is 0. The number of benzene rings is 1. The van der Waals surface area contributed by atoms with Gasteiger partial charge in [-0.05, 0) is 19.1 Å². The maximum Gasteiger partial charge on any atom is 0.240 e. The monoisotopic (exact) mass is 267 g/mol. The molecule has 3 N–H and O–H groups in total. The summed E-state index contributed by atoms with van der Waals surface area (Å²) in [5, 5.41) is 1.01. The van der Waals surface area contributed by atoms with Crippen molar-refractivity contribution in [1.82, 2.24) is 15.0 Å². The summed E-state index contributed by atoms with van der Waals surface area (Å²) in [6.07, 6.45) is 3.38. The van der Waals surface area contributed by atoms with Crippen molar-refractivity contribution < 1.29 is 4.74 Å². The van der Waals surface area contributed by atoms with Crippen LogP contribution < -0.4 is 16.0 Å². The van der Waals surface area contributed by atoms with Gasteiger partial charge in [-0.25, -0.2) is 10.8 Å². The maximum absolute atomic E-state index is 5.86. The van der Waals surface area contributed by atoms with Gasteiger partial charge in [0.2, 0.25) is 11.8 Å². The lowest BCUT2D eigenvalue weighted by Crippen LogP contribution is -2.11. The Morgan fingerprint density at radius 2 is 2.00 bits per heavy atom. The number of hydrazine groups is 1. The molecule has 1 aromatic carbocycles. The number of para-hydroxylation sites is 1. The number of anilines is 1. The number of aryl methyl sites for hydroxylation is 1. The molecule has 0 aliphatic carbocycles. The van der Waals surface area contributed by atoms with E-state index in [4.69, 9.17) is 10.6 Å². The zero-order valence-electron chi connectivity index (χ0n) is 10.9. The van der Waals surface area contributed by atoms with Gasteiger partial charge >= 0.3 is 0 Å². The summed E-state index contributed by atoms with van der Waals surface area (Å²) in [6.45, 7) is 1.87. The molecule has 0 saturated carbocycles. The van der Waals surface area contributed by atoms with E-state index in [9.17, 15) is 0 Å². The van der Waals surface area contributed by atoms with E-state index in [-0.39, 0.29) is 0 Å². The fourth-order valence-corrected chi connectivity index (χ4v) is 1.86. The van der Waals surface area contributed by atoms with Gasteiger partial charge in [0.25, 0.3) is 0 Å². The molecule has 3 rings (SSSR count). The SMILES string of the molecule is Cc1cnc(NN)nc1Oc1cccc2cccnc12. The Labute approximate surface area is 115 Å². The molecule has 0 unspecified atom stereocenters. The molecular weight excluding hydrogens is 254 g/mol. The normalized spacial score (nSPS) is 10.5. The zero-order chi connectivity index (χ0) is 13.9. The second-order valence-corrected chi connectivity index (χ2v) is 4.26. The lowest BCUT2D eigenvalue weighted by atomic mass is 10.2. The molecule has 0 bridgehead atoms. The van der Waals surface area contributed by atoms with Crippen molar-refractivity contribution >= 4 is 16.9 Å². The van der Waals surface area contributed by atoms with E-state index in [2.05, 4.69) is 20.4 Å². The van der Waals surface area contributed by atoms with Gasteiger partial charge in [0.05, 0.1) is 0 Å². The summed E-state index contributed by atoms with van der Waals surface area (Å²) in [5.74, 6) is 6.71. The molecular formula is C14H13N5O. The summed E-state index contributed by atoms with van der Waals surface area (Å²) < 4.78 is 5.86. The number of nitrogen functional groups attached to an aromatic ring is 1. The maximum atomic E-state index is 5.86. The van der Waals surface area contributed by atoms with Gasteiger partial charge in [0, 0.05) is 23.3 Å². The summed E-state index contributed by atoms with van der Waals surface area (Å²) in [7, 11) is 0. The Morgan fingerprint density at radius 3 is 2.85 bits per heavy atom. The molecule has 0 spiro atoms. The molecule has 6 heteroatoms. The number of nitrogens with zero attached hydrogens (tertiary/aromatic N) is 3. The summed E-state index contributed by atoms with van der Waals surface area (Å²) in [6, 6.07) is 9.62. The number of aromatic nitrogens is 3. The van der Waals surface area contributed by atoms with Gasteiger partial charge in [-0.1, -0.05) is 18.2 Å². The fraction of sp³-hybridized carbons (Fsp3) is 0.0714. The van der Waals surface area contributed by atoms with E-state index in [1.807, 2.05) is 37.3 Å². The summed E-state index contributed by atoms with van der Waals surface area (Å²) in [4.78, 5) is 12.6.